The summed E-state index contributed by atoms with van der Waals surface area (Å²) in [5, 5.41) is 3.32. The summed E-state index contributed by atoms with van der Waals surface area (Å²) >= 11 is 0. The van der Waals surface area contributed by atoms with Crippen LogP contribution in [0.5, 0.6) is 0 Å². The van der Waals surface area contributed by atoms with Crippen molar-refractivity contribution in [3.05, 3.63) is 237 Å². The molecule has 0 aliphatic carbocycles. The molecule has 0 N–H and O–H groups in total. The molecule has 0 saturated heterocycles. The third-order valence-electron chi connectivity index (χ3n) is 11.5. The minimum absolute atomic E-state index is 0. The standard InChI is InChI=1S/C59H37N3.U/c1-4-12-40(13-5-1)42-20-28-47(29-21-42)56-39-57(62-59(61-56)50-34-26-43(27-35-50)41-14-6-2-7-15-41)48-30-22-44(23-31-48)45-24-32-49(33-25-45)58-54(46-16-8-3-9-17-46)37-53-36-51-18-10-11-19-52(51)38-55(53)60-58;/h1-16,18-36,38-39H;/q-2;+2. The Kier molecular flexibility index (Phi) is 11.2. The first kappa shape index (κ1) is 39.9. The molecular formula is C59H37N3U. The molecule has 63 heavy (non-hydrogen) atoms. The normalized spacial score (nSPS) is 11.0. The van der Waals surface area contributed by atoms with Crippen LogP contribution in [0.1, 0.15) is 0 Å². The Morgan fingerprint density at radius 2 is 0.762 bits per heavy atom. The summed E-state index contributed by atoms with van der Waals surface area (Å²) in [5.41, 5.74) is 16.4. The zero-order chi connectivity index (χ0) is 41.2. The van der Waals surface area contributed by atoms with Gasteiger partial charge < -0.3 is 4.98 Å². The maximum absolute atomic E-state index is 5.25. The van der Waals surface area contributed by atoms with Crippen molar-refractivity contribution in [2.75, 3.05) is 0 Å². The number of nitrogens with zero attached hydrogens (tertiary/aromatic N) is 3. The molecule has 0 bridgehead atoms. The topological polar surface area (TPSA) is 38.7 Å². The number of hydrogen-bond acceptors (Lipinski definition) is 3. The van der Waals surface area contributed by atoms with Crippen LogP contribution in [0.4, 0.5) is 0 Å². The van der Waals surface area contributed by atoms with Gasteiger partial charge in [-0.2, -0.15) is 35.9 Å². The van der Waals surface area contributed by atoms with Gasteiger partial charge in [0.2, 0.25) is 0 Å². The van der Waals surface area contributed by atoms with Crippen LogP contribution in [-0.4, -0.2) is 15.0 Å². The second-order valence-corrected chi connectivity index (χ2v) is 15.5. The number of fused-ring (bicyclic) bond motifs is 2. The fourth-order valence-electron chi connectivity index (χ4n) is 8.18. The van der Waals surface area contributed by atoms with Crippen molar-refractivity contribution in [2.45, 2.75) is 0 Å². The maximum Gasteiger partial charge on any atom is 2.00 e. The van der Waals surface area contributed by atoms with E-state index in [1.807, 2.05) is 30.3 Å². The van der Waals surface area contributed by atoms with Gasteiger partial charge in [-0.3, -0.25) is 0 Å². The van der Waals surface area contributed by atoms with E-state index in [1.54, 1.807) is 0 Å². The van der Waals surface area contributed by atoms with Crippen LogP contribution >= 0.6 is 0 Å². The van der Waals surface area contributed by atoms with E-state index >= 15 is 0 Å². The molecular weight excluding hydrogens is 989 g/mol. The maximum atomic E-state index is 5.25. The van der Waals surface area contributed by atoms with Crippen LogP contribution in [0.25, 0.3) is 111 Å². The Bertz CT molecular complexity index is 3230. The first-order chi connectivity index (χ1) is 30.7. The monoisotopic (exact) mass is 1030 g/mol. The smallest absolute Gasteiger partial charge is 0.335 e. The Balaban J connectivity index is 0.00000471. The van der Waals surface area contributed by atoms with E-state index in [9.17, 15) is 0 Å². The molecule has 11 aromatic rings. The Morgan fingerprint density at radius 3 is 1.27 bits per heavy atom. The first-order valence-electron chi connectivity index (χ1n) is 20.8. The molecule has 0 atom stereocenters. The van der Waals surface area contributed by atoms with Crippen molar-refractivity contribution in [1.29, 1.82) is 0 Å². The van der Waals surface area contributed by atoms with Crippen LogP contribution in [0.3, 0.4) is 0 Å². The summed E-state index contributed by atoms with van der Waals surface area (Å²) in [5.74, 6) is 0.684. The van der Waals surface area contributed by atoms with E-state index in [0.29, 0.717) is 5.82 Å². The number of aromatic nitrogens is 3. The minimum atomic E-state index is 0. The third-order valence-corrected chi connectivity index (χ3v) is 11.5. The summed E-state index contributed by atoms with van der Waals surface area (Å²) < 4.78 is 0. The van der Waals surface area contributed by atoms with E-state index in [-0.39, 0.29) is 31.1 Å². The van der Waals surface area contributed by atoms with Gasteiger partial charge in [0.1, 0.15) is 0 Å². The molecule has 2 heterocycles. The predicted molar refractivity (Wildman–Crippen MR) is 256 cm³/mol. The molecule has 4 heteroatoms. The minimum Gasteiger partial charge on any atom is -0.335 e. The first-order valence-corrected chi connectivity index (χ1v) is 20.8. The average Bonchev–Trinajstić information content (AvgIpc) is 3.36. The Morgan fingerprint density at radius 1 is 0.333 bits per heavy atom. The zero-order valence-electron chi connectivity index (χ0n) is 34.2. The summed E-state index contributed by atoms with van der Waals surface area (Å²) in [6.45, 7) is 0. The summed E-state index contributed by atoms with van der Waals surface area (Å²) in [6.07, 6.45) is 0. The van der Waals surface area contributed by atoms with E-state index in [1.165, 1.54) is 22.1 Å². The third kappa shape index (κ3) is 8.28. The van der Waals surface area contributed by atoms with Crippen LogP contribution in [-0.2, 0) is 0 Å². The molecule has 0 spiro atoms. The average molecular weight is 1030 g/mol. The second kappa shape index (κ2) is 17.6. The van der Waals surface area contributed by atoms with Gasteiger partial charge in [-0.15, -0.1) is 17.5 Å². The molecule has 11 rings (SSSR count). The fourth-order valence-corrected chi connectivity index (χ4v) is 8.18. The molecule has 0 aliphatic rings. The molecule has 0 saturated carbocycles. The van der Waals surface area contributed by atoms with Crippen LogP contribution in [0.15, 0.2) is 224 Å². The summed E-state index contributed by atoms with van der Waals surface area (Å²) in [6, 6.07) is 85.4. The van der Waals surface area contributed by atoms with Crippen molar-refractivity contribution >= 4 is 21.7 Å². The molecule has 0 amide bonds. The van der Waals surface area contributed by atoms with Crippen molar-refractivity contribution in [2.24, 2.45) is 0 Å². The molecule has 3 nitrogen and oxygen atoms in total. The number of hydrogen-bond donors (Lipinski definition) is 0. The van der Waals surface area contributed by atoms with Gasteiger partial charge in [0.05, 0.1) is 11.4 Å². The van der Waals surface area contributed by atoms with E-state index in [4.69, 9.17) is 15.0 Å². The Labute approximate surface area is 391 Å². The largest absolute Gasteiger partial charge is 2.00 e. The van der Waals surface area contributed by atoms with Gasteiger partial charge in [0, 0.05) is 16.7 Å². The number of benzene rings is 9. The van der Waals surface area contributed by atoms with Crippen molar-refractivity contribution in [1.82, 2.24) is 15.0 Å². The van der Waals surface area contributed by atoms with Crippen LogP contribution in [0.2, 0.25) is 0 Å². The predicted octanol–water partition coefficient (Wildman–Crippen LogP) is 15.1. The molecule has 0 fully saturated rings. The Hall–Kier alpha value is -7.22. The molecule has 0 radical (unpaired) electrons. The van der Waals surface area contributed by atoms with Crippen LogP contribution < -0.4 is 0 Å². The molecule has 0 aliphatic heterocycles. The fraction of sp³-hybridized carbons (Fsp3) is 0. The molecule has 292 valence electrons. The van der Waals surface area contributed by atoms with E-state index in [2.05, 4.69) is 206 Å². The summed E-state index contributed by atoms with van der Waals surface area (Å²) in [4.78, 5) is 15.6. The van der Waals surface area contributed by atoms with Gasteiger partial charge in [-0.1, -0.05) is 193 Å². The SMILES string of the molecule is [U+2].[c-]1ccccc1-c1[c-]c2cc3ccccc3cc2nc1-c1ccc(-c2ccc(-c3cc(-c4ccc(-c5ccccc5)cc4)nc(-c4ccc(-c5ccccc5)cc4)n3)cc2)cc1. The molecule has 2 aromatic heterocycles. The molecule has 0 unspecified atom stereocenters. The second-order valence-electron chi connectivity index (χ2n) is 15.5. The van der Waals surface area contributed by atoms with E-state index < -0.39 is 0 Å². The quantitative estimate of drug-likeness (QED) is 0.112. The van der Waals surface area contributed by atoms with Gasteiger partial charge in [0.25, 0.3) is 0 Å². The van der Waals surface area contributed by atoms with Crippen molar-refractivity contribution < 1.29 is 31.1 Å². The van der Waals surface area contributed by atoms with E-state index in [0.717, 1.165) is 83.4 Å². The van der Waals surface area contributed by atoms with Crippen molar-refractivity contribution in [3.8, 4) is 89.7 Å². The summed E-state index contributed by atoms with van der Waals surface area (Å²) in [7, 11) is 0. The van der Waals surface area contributed by atoms with Gasteiger partial charge in [-0.25, -0.2) is 15.5 Å². The molecule has 9 aromatic carbocycles. The van der Waals surface area contributed by atoms with Gasteiger partial charge >= 0.3 is 31.1 Å². The van der Waals surface area contributed by atoms with Gasteiger partial charge in [-0.05, 0) is 61.6 Å². The van der Waals surface area contributed by atoms with Gasteiger partial charge in [0.15, 0.2) is 5.82 Å². The number of pyridine rings is 1. The van der Waals surface area contributed by atoms with Crippen LogP contribution in [0, 0.1) is 43.2 Å². The number of rotatable bonds is 8. The zero-order valence-corrected chi connectivity index (χ0v) is 38.4. The van der Waals surface area contributed by atoms with Crippen molar-refractivity contribution in [3.63, 3.8) is 0 Å².